The van der Waals surface area contributed by atoms with Gasteiger partial charge in [0, 0.05) is 6.42 Å². The summed E-state index contributed by atoms with van der Waals surface area (Å²) in [6.07, 6.45) is 4.88. The van der Waals surface area contributed by atoms with Crippen LogP contribution in [0.3, 0.4) is 0 Å². The Morgan fingerprint density at radius 1 is 1.44 bits per heavy atom. The molecule has 0 aliphatic heterocycles. The molecule has 1 aromatic rings. The number of rotatable bonds is 5. The first-order valence-corrected chi connectivity index (χ1v) is 5.54. The lowest BCUT2D eigenvalue weighted by molar-refractivity contribution is -0.142. The molecule has 0 N–H and O–H groups in total. The molecule has 0 spiro atoms. The van der Waals surface area contributed by atoms with Crippen LogP contribution in [0.4, 0.5) is 0 Å². The Morgan fingerprint density at radius 3 is 2.94 bits per heavy atom. The number of aryl methyl sites for hydroxylation is 2. The highest BCUT2D eigenvalue weighted by Crippen LogP contribution is 2.07. The van der Waals surface area contributed by atoms with Gasteiger partial charge >= 0.3 is 5.97 Å². The smallest absolute Gasteiger partial charge is 0.306 e. The third-order valence-electron chi connectivity index (χ3n) is 2.28. The van der Waals surface area contributed by atoms with E-state index in [9.17, 15) is 4.79 Å². The molecule has 2 nitrogen and oxygen atoms in total. The van der Waals surface area contributed by atoms with E-state index in [2.05, 4.69) is 6.07 Å². The highest BCUT2D eigenvalue weighted by molar-refractivity contribution is 5.69. The summed E-state index contributed by atoms with van der Waals surface area (Å²) in [6.45, 7) is 4.33. The molecule has 0 saturated carbocycles. The lowest BCUT2D eigenvalue weighted by Gasteiger charge is -2.03. The minimum absolute atomic E-state index is 0.139. The molecule has 16 heavy (non-hydrogen) atoms. The predicted octanol–water partition coefficient (Wildman–Crippen LogP) is 3.05. The second-order valence-electron chi connectivity index (χ2n) is 3.74. The van der Waals surface area contributed by atoms with E-state index in [0.29, 0.717) is 13.0 Å². The Hall–Kier alpha value is -1.57. The number of carbonyl (C=O) groups is 1. The summed E-state index contributed by atoms with van der Waals surface area (Å²) in [5.74, 6) is -0.139. The zero-order chi connectivity index (χ0) is 11.8. The van der Waals surface area contributed by atoms with Crippen molar-refractivity contribution >= 4 is 5.97 Å². The maximum atomic E-state index is 11.3. The molecule has 0 radical (unpaired) electrons. The van der Waals surface area contributed by atoms with Crippen molar-refractivity contribution in [2.24, 2.45) is 0 Å². The third kappa shape index (κ3) is 4.78. The van der Waals surface area contributed by atoms with Crippen molar-refractivity contribution in [1.29, 1.82) is 0 Å². The number of ether oxygens (including phenoxy) is 1. The van der Waals surface area contributed by atoms with E-state index in [4.69, 9.17) is 4.74 Å². The SMILES string of the molecule is C/C=C/COC(=O)CCc1cccc(C)c1. The van der Waals surface area contributed by atoms with Gasteiger partial charge in [-0.15, -0.1) is 0 Å². The molecule has 0 atom stereocenters. The van der Waals surface area contributed by atoms with Crippen LogP contribution in [0.25, 0.3) is 0 Å². The van der Waals surface area contributed by atoms with Gasteiger partial charge in [-0.1, -0.05) is 42.0 Å². The maximum Gasteiger partial charge on any atom is 0.306 e. The second kappa shape index (κ2) is 6.83. The number of carbonyl (C=O) groups excluding carboxylic acids is 1. The summed E-state index contributed by atoms with van der Waals surface area (Å²) in [6, 6.07) is 8.19. The summed E-state index contributed by atoms with van der Waals surface area (Å²) in [5, 5.41) is 0. The maximum absolute atomic E-state index is 11.3. The van der Waals surface area contributed by atoms with Crippen LogP contribution in [-0.4, -0.2) is 12.6 Å². The van der Waals surface area contributed by atoms with Gasteiger partial charge in [0.25, 0.3) is 0 Å². The van der Waals surface area contributed by atoms with Gasteiger partial charge in [0.15, 0.2) is 0 Å². The van der Waals surface area contributed by atoms with Gasteiger partial charge in [-0.3, -0.25) is 4.79 Å². The predicted molar refractivity (Wildman–Crippen MR) is 65.3 cm³/mol. The van der Waals surface area contributed by atoms with Crippen molar-refractivity contribution < 1.29 is 9.53 Å². The molecule has 0 aliphatic carbocycles. The Morgan fingerprint density at radius 2 is 2.25 bits per heavy atom. The van der Waals surface area contributed by atoms with Gasteiger partial charge < -0.3 is 4.74 Å². The molecule has 0 saturated heterocycles. The number of hydrogen-bond donors (Lipinski definition) is 0. The second-order valence-corrected chi connectivity index (χ2v) is 3.74. The Balaban J connectivity index is 2.31. The Labute approximate surface area is 96.9 Å². The standard InChI is InChI=1S/C14H18O2/c1-3-4-10-16-14(15)9-8-13-7-5-6-12(2)11-13/h3-7,11H,8-10H2,1-2H3/b4-3+. The van der Waals surface area contributed by atoms with Crippen LogP contribution in [0.2, 0.25) is 0 Å². The fourth-order valence-corrected chi connectivity index (χ4v) is 1.42. The molecule has 0 aromatic heterocycles. The summed E-state index contributed by atoms with van der Waals surface area (Å²) >= 11 is 0. The van der Waals surface area contributed by atoms with Gasteiger partial charge in [-0.2, -0.15) is 0 Å². The molecule has 1 aromatic carbocycles. The van der Waals surface area contributed by atoms with E-state index in [1.807, 2.05) is 44.2 Å². The van der Waals surface area contributed by atoms with Crippen molar-refractivity contribution in [2.75, 3.05) is 6.61 Å². The highest BCUT2D eigenvalue weighted by Gasteiger charge is 2.02. The molecule has 0 fully saturated rings. The third-order valence-corrected chi connectivity index (χ3v) is 2.28. The monoisotopic (exact) mass is 218 g/mol. The summed E-state index contributed by atoms with van der Waals surface area (Å²) in [4.78, 5) is 11.3. The van der Waals surface area contributed by atoms with E-state index >= 15 is 0 Å². The zero-order valence-corrected chi connectivity index (χ0v) is 9.90. The van der Waals surface area contributed by atoms with Crippen LogP contribution in [0.15, 0.2) is 36.4 Å². The Kier molecular flexibility index (Phi) is 5.34. The number of esters is 1. The average Bonchev–Trinajstić information content (AvgIpc) is 2.27. The molecular formula is C14H18O2. The molecule has 0 aliphatic rings. The first-order chi connectivity index (χ1) is 7.72. The van der Waals surface area contributed by atoms with E-state index < -0.39 is 0 Å². The first-order valence-electron chi connectivity index (χ1n) is 5.54. The van der Waals surface area contributed by atoms with Gasteiger partial charge in [0.2, 0.25) is 0 Å². The van der Waals surface area contributed by atoms with Gasteiger partial charge in [0.05, 0.1) is 0 Å². The van der Waals surface area contributed by atoms with Crippen LogP contribution in [0.1, 0.15) is 24.5 Å². The quantitative estimate of drug-likeness (QED) is 0.561. The van der Waals surface area contributed by atoms with E-state index in [1.165, 1.54) is 11.1 Å². The summed E-state index contributed by atoms with van der Waals surface area (Å²) in [7, 11) is 0. The van der Waals surface area contributed by atoms with Crippen LogP contribution in [0.5, 0.6) is 0 Å². The largest absolute Gasteiger partial charge is 0.461 e. The Bertz CT molecular complexity index is 367. The normalized spacial score (nSPS) is 10.6. The van der Waals surface area contributed by atoms with Crippen molar-refractivity contribution in [3.05, 3.63) is 47.5 Å². The molecule has 0 bridgehead atoms. The van der Waals surface area contributed by atoms with Gasteiger partial charge in [0.1, 0.15) is 6.61 Å². The number of allylic oxidation sites excluding steroid dienone is 1. The average molecular weight is 218 g/mol. The molecule has 0 amide bonds. The van der Waals surface area contributed by atoms with Crippen LogP contribution in [-0.2, 0) is 16.0 Å². The van der Waals surface area contributed by atoms with E-state index in [-0.39, 0.29) is 5.97 Å². The summed E-state index contributed by atoms with van der Waals surface area (Å²) in [5.41, 5.74) is 2.41. The highest BCUT2D eigenvalue weighted by atomic mass is 16.5. The lowest BCUT2D eigenvalue weighted by atomic mass is 10.1. The minimum atomic E-state index is -0.139. The fraction of sp³-hybridized carbons (Fsp3) is 0.357. The van der Waals surface area contributed by atoms with Crippen molar-refractivity contribution in [3.63, 3.8) is 0 Å². The van der Waals surface area contributed by atoms with Crippen LogP contribution >= 0.6 is 0 Å². The van der Waals surface area contributed by atoms with Crippen LogP contribution in [0, 0.1) is 6.92 Å². The molecule has 2 heteroatoms. The molecule has 0 heterocycles. The van der Waals surface area contributed by atoms with Crippen molar-refractivity contribution in [3.8, 4) is 0 Å². The summed E-state index contributed by atoms with van der Waals surface area (Å²) < 4.78 is 5.01. The molecule has 86 valence electrons. The minimum Gasteiger partial charge on any atom is -0.461 e. The molecular weight excluding hydrogens is 200 g/mol. The van der Waals surface area contributed by atoms with Gasteiger partial charge in [-0.05, 0) is 25.8 Å². The fourth-order valence-electron chi connectivity index (χ4n) is 1.42. The van der Waals surface area contributed by atoms with Crippen LogP contribution < -0.4 is 0 Å². The first kappa shape index (κ1) is 12.5. The van der Waals surface area contributed by atoms with E-state index in [1.54, 1.807) is 0 Å². The lowest BCUT2D eigenvalue weighted by Crippen LogP contribution is -2.05. The van der Waals surface area contributed by atoms with Crippen molar-refractivity contribution in [2.45, 2.75) is 26.7 Å². The number of benzene rings is 1. The zero-order valence-electron chi connectivity index (χ0n) is 9.90. The number of hydrogen-bond acceptors (Lipinski definition) is 2. The van der Waals surface area contributed by atoms with Gasteiger partial charge in [-0.25, -0.2) is 0 Å². The molecule has 0 unspecified atom stereocenters. The topological polar surface area (TPSA) is 26.3 Å². The van der Waals surface area contributed by atoms with E-state index in [0.717, 1.165) is 6.42 Å². The molecule has 1 rings (SSSR count). The van der Waals surface area contributed by atoms with Crippen molar-refractivity contribution in [1.82, 2.24) is 0 Å².